The molecule has 2 atom stereocenters. The molecule has 3 N–H and O–H groups in total. The van der Waals surface area contributed by atoms with Crippen molar-refractivity contribution < 1.29 is 4.74 Å². The van der Waals surface area contributed by atoms with E-state index in [1.807, 2.05) is 30.3 Å². The number of nitrogens with one attached hydrogen (secondary N) is 1. The predicted molar refractivity (Wildman–Crippen MR) is 89.6 cm³/mol. The van der Waals surface area contributed by atoms with Crippen LogP contribution in [0.15, 0.2) is 30.3 Å². The van der Waals surface area contributed by atoms with Gasteiger partial charge in [-0.3, -0.25) is 0 Å². The lowest BCUT2D eigenvalue weighted by atomic mass is 10.0. The highest BCUT2D eigenvalue weighted by Crippen LogP contribution is 2.24. The highest BCUT2D eigenvalue weighted by atomic mass is 32.1. The van der Waals surface area contributed by atoms with Crippen LogP contribution in [0.4, 0.5) is 5.82 Å². The summed E-state index contributed by atoms with van der Waals surface area (Å²) in [6.07, 6.45) is 1.07. The number of hydrogen-bond acceptors (Lipinski definition) is 4. The molecule has 2 aromatic rings. The minimum absolute atomic E-state index is 0.272. The lowest BCUT2D eigenvalue weighted by molar-refractivity contribution is 0.183. The highest BCUT2D eigenvalue weighted by Gasteiger charge is 2.23. The minimum atomic E-state index is 0.272. The van der Waals surface area contributed by atoms with E-state index in [9.17, 15) is 0 Å². The third-order valence-electron chi connectivity index (χ3n) is 4.03. The molecule has 1 fully saturated rings. The van der Waals surface area contributed by atoms with Crippen molar-refractivity contribution in [1.29, 1.82) is 0 Å². The van der Waals surface area contributed by atoms with Gasteiger partial charge in [-0.25, -0.2) is 4.98 Å². The molecular weight excluding hydrogens is 282 g/mol. The van der Waals surface area contributed by atoms with E-state index in [1.54, 1.807) is 0 Å². The Kier molecular flexibility index (Phi) is 4.03. The smallest absolute Gasteiger partial charge is 0.137 e. The number of thiocarbonyl (C=S) groups is 1. The zero-order chi connectivity index (χ0) is 14.8. The number of aromatic nitrogens is 1. The second-order valence-electron chi connectivity index (χ2n) is 5.50. The molecule has 1 saturated heterocycles. The summed E-state index contributed by atoms with van der Waals surface area (Å²) < 4.78 is 5.45. The molecule has 1 aromatic carbocycles. The maximum absolute atomic E-state index is 5.86. The Bertz CT molecular complexity index is 668. The largest absolute Gasteiger partial charge is 0.389 e. The fourth-order valence-corrected chi connectivity index (χ4v) is 2.85. The number of nitrogens with two attached hydrogens (primary N) is 1. The Morgan fingerprint density at radius 1 is 1.48 bits per heavy atom. The van der Waals surface area contributed by atoms with Crippen molar-refractivity contribution in [3.63, 3.8) is 0 Å². The van der Waals surface area contributed by atoms with Crippen molar-refractivity contribution in [2.75, 3.05) is 18.5 Å². The lowest BCUT2D eigenvalue weighted by Crippen LogP contribution is -2.28. The van der Waals surface area contributed by atoms with Crippen molar-refractivity contribution in [3.8, 4) is 0 Å². The zero-order valence-corrected chi connectivity index (χ0v) is 12.8. The molecule has 2 unspecified atom stereocenters. The third-order valence-corrected chi connectivity index (χ3v) is 4.25. The van der Waals surface area contributed by atoms with E-state index in [0.717, 1.165) is 41.9 Å². The normalized spacial score (nSPS) is 19.6. The molecule has 1 aliphatic rings. The first-order valence-corrected chi connectivity index (χ1v) is 7.60. The number of anilines is 1. The van der Waals surface area contributed by atoms with Crippen molar-refractivity contribution in [3.05, 3.63) is 35.9 Å². The summed E-state index contributed by atoms with van der Waals surface area (Å²) >= 11 is 5.17. The number of rotatable bonds is 4. The van der Waals surface area contributed by atoms with Gasteiger partial charge in [0.15, 0.2) is 0 Å². The first kappa shape index (κ1) is 14.2. The molecule has 21 heavy (non-hydrogen) atoms. The van der Waals surface area contributed by atoms with Crippen LogP contribution in [0.5, 0.6) is 0 Å². The molecule has 0 radical (unpaired) electrons. The van der Waals surface area contributed by atoms with Crippen LogP contribution in [0.1, 0.15) is 18.9 Å². The molecule has 3 rings (SSSR count). The van der Waals surface area contributed by atoms with Gasteiger partial charge < -0.3 is 15.8 Å². The molecule has 0 spiro atoms. The summed E-state index contributed by atoms with van der Waals surface area (Å²) in [5.74, 6) is 1.26. The van der Waals surface area contributed by atoms with Crippen molar-refractivity contribution in [2.45, 2.75) is 19.4 Å². The highest BCUT2D eigenvalue weighted by molar-refractivity contribution is 7.80. The van der Waals surface area contributed by atoms with Gasteiger partial charge in [-0.2, -0.15) is 0 Å². The number of hydrogen-bond donors (Lipinski definition) is 2. The average molecular weight is 301 g/mol. The van der Waals surface area contributed by atoms with E-state index in [-0.39, 0.29) is 6.04 Å². The maximum atomic E-state index is 5.86. The van der Waals surface area contributed by atoms with Crippen LogP contribution in [-0.4, -0.2) is 29.2 Å². The molecule has 1 aromatic heterocycles. The van der Waals surface area contributed by atoms with Crippen LogP contribution >= 0.6 is 12.2 Å². The predicted octanol–water partition coefficient (Wildman–Crippen LogP) is 2.71. The molecule has 0 saturated carbocycles. The van der Waals surface area contributed by atoms with Crippen molar-refractivity contribution in [2.24, 2.45) is 11.7 Å². The zero-order valence-electron chi connectivity index (χ0n) is 12.0. The van der Waals surface area contributed by atoms with Crippen molar-refractivity contribution in [1.82, 2.24) is 4.98 Å². The second kappa shape index (κ2) is 5.95. The monoisotopic (exact) mass is 301 g/mol. The molecule has 1 aliphatic heterocycles. The molecule has 5 heteroatoms. The fourth-order valence-electron chi connectivity index (χ4n) is 2.69. The second-order valence-corrected chi connectivity index (χ2v) is 5.94. The number of para-hydroxylation sites is 1. The van der Waals surface area contributed by atoms with Gasteiger partial charge in [0.1, 0.15) is 10.8 Å². The molecule has 110 valence electrons. The molecule has 2 heterocycles. The Balaban J connectivity index is 1.95. The number of fused-ring (bicyclic) bond motifs is 1. The molecular formula is C16H19N3OS. The van der Waals surface area contributed by atoms with E-state index >= 15 is 0 Å². The summed E-state index contributed by atoms with van der Waals surface area (Å²) in [4.78, 5) is 5.05. The first-order valence-electron chi connectivity index (χ1n) is 7.19. The quantitative estimate of drug-likeness (QED) is 0.850. The standard InChI is InChI=1S/C16H19N3OS/c1-10(12-6-7-20-9-12)18-16-13(15(17)21)8-11-4-2-3-5-14(11)19-16/h2-5,8,10,12H,6-7,9H2,1H3,(H2,17,21)(H,18,19). The Hall–Kier alpha value is -1.72. The van der Waals surface area contributed by atoms with E-state index in [1.165, 1.54) is 0 Å². The number of ether oxygens (including phenoxy) is 1. The van der Waals surface area contributed by atoms with Gasteiger partial charge in [0, 0.05) is 24.0 Å². The van der Waals surface area contributed by atoms with Gasteiger partial charge in [-0.1, -0.05) is 30.4 Å². The van der Waals surface area contributed by atoms with Crippen LogP contribution in [0.2, 0.25) is 0 Å². The van der Waals surface area contributed by atoms with Gasteiger partial charge in [-0.05, 0) is 25.5 Å². The lowest BCUT2D eigenvalue weighted by Gasteiger charge is -2.21. The van der Waals surface area contributed by atoms with E-state index in [4.69, 9.17) is 22.7 Å². The van der Waals surface area contributed by atoms with E-state index in [2.05, 4.69) is 17.2 Å². The maximum Gasteiger partial charge on any atom is 0.137 e. The van der Waals surface area contributed by atoms with Crippen LogP contribution < -0.4 is 11.1 Å². The van der Waals surface area contributed by atoms with Crippen LogP contribution in [0.3, 0.4) is 0 Å². The topological polar surface area (TPSA) is 60.2 Å². The van der Waals surface area contributed by atoms with E-state index in [0.29, 0.717) is 10.9 Å². The average Bonchev–Trinajstić information content (AvgIpc) is 3.00. The van der Waals surface area contributed by atoms with Gasteiger partial charge >= 0.3 is 0 Å². The first-order chi connectivity index (χ1) is 10.1. The van der Waals surface area contributed by atoms with Crippen LogP contribution in [0.25, 0.3) is 10.9 Å². The summed E-state index contributed by atoms with van der Waals surface area (Å²) in [6.45, 7) is 3.79. The van der Waals surface area contributed by atoms with Crippen molar-refractivity contribution >= 4 is 33.9 Å². The summed E-state index contributed by atoms with van der Waals surface area (Å²) in [5.41, 5.74) is 7.60. The molecule has 0 amide bonds. The number of pyridine rings is 1. The van der Waals surface area contributed by atoms with Gasteiger partial charge in [0.05, 0.1) is 17.7 Å². The minimum Gasteiger partial charge on any atom is -0.389 e. The van der Waals surface area contributed by atoms with Crippen LogP contribution in [0, 0.1) is 5.92 Å². The number of benzene rings is 1. The number of nitrogens with zero attached hydrogens (tertiary/aromatic N) is 1. The molecule has 4 nitrogen and oxygen atoms in total. The van der Waals surface area contributed by atoms with Gasteiger partial charge in [-0.15, -0.1) is 0 Å². The molecule has 0 bridgehead atoms. The fraction of sp³-hybridized carbons (Fsp3) is 0.375. The van der Waals surface area contributed by atoms with Gasteiger partial charge in [0.2, 0.25) is 0 Å². The SMILES string of the molecule is CC(Nc1nc2ccccc2cc1C(N)=S)C1CCOC1. The Morgan fingerprint density at radius 2 is 2.29 bits per heavy atom. The Morgan fingerprint density at radius 3 is 3.00 bits per heavy atom. The summed E-state index contributed by atoms with van der Waals surface area (Å²) in [6, 6.07) is 10.3. The Labute approximate surface area is 129 Å². The summed E-state index contributed by atoms with van der Waals surface area (Å²) in [7, 11) is 0. The summed E-state index contributed by atoms with van der Waals surface area (Å²) in [5, 5.41) is 4.51. The van der Waals surface area contributed by atoms with Crippen LogP contribution in [-0.2, 0) is 4.74 Å². The molecule has 0 aliphatic carbocycles. The van der Waals surface area contributed by atoms with E-state index < -0.39 is 0 Å². The third kappa shape index (κ3) is 2.99. The van der Waals surface area contributed by atoms with Gasteiger partial charge in [0.25, 0.3) is 0 Å².